The molecule has 1 heterocycles. The van der Waals surface area contributed by atoms with Gasteiger partial charge in [0.25, 0.3) is 0 Å². The topological polar surface area (TPSA) is 39.1 Å². The molecule has 0 aromatic heterocycles. The van der Waals surface area contributed by atoms with E-state index in [1.54, 1.807) is 0 Å². The van der Waals surface area contributed by atoms with E-state index in [-0.39, 0.29) is 0 Å². The third kappa shape index (κ3) is 3.20. The summed E-state index contributed by atoms with van der Waals surface area (Å²) >= 11 is 0. The predicted molar refractivity (Wildman–Crippen MR) is 65.0 cm³/mol. The lowest BCUT2D eigenvalue weighted by molar-refractivity contribution is 0.153. The average molecular weight is 221 g/mol. The second kappa shape index (κ2) is 5.65. The van der Waals surface area contributed by atoms with Crippen molar-refractivity contribution < 1.29 is 0 Å². The van der Waals surface area contributed by atoms with Crippen molar-refractivity contribution in [2.75, 3.05) is 19.6 Å². The maximum Gasteiger partial charge on any atom is 0.0638 e. The Labute approximate surface area is 98.8 Å². The van der Waals surface area contributed by atoms with Gasteiger partial charge in [0, 0.05) is 18.6 Å². The first-order valence-electron chi connectivity index (χ1n) is 6.64. The summed E-state index contributed by atoms with van der Waals surface area (Å²) in [7, 11) is 0. The highest BCUT2D eigenvalue weighted by Gasteiger charge is 2.33. The van der Waals surface area contributed by atoms with E-state index in [9.17, 15) is 0 Å². The van der Waals surface area contributed by atoms with Gasteiger partial charge < -0.3 is 5.32 Å². The number of hydrogen-bond donors (Lipinski definition) is 1. The number of nitrogens with zero attached hydrogens (tertiary/aromatic N) is 2. The maximum atomic E-state index is 8.81. The molecule has 1 unspecified atom stereocenters. The Balaban J connectivity index is 1.84. The van der Waals surface area contributed by atoms with E-state index in [4.69, 9.17) is 5.26 Å². The zero-order valence-corrected chi connectivity index (χ0v) is 10.3. The summed E-state index contributed by atoms with van der Waals surface area (Å²) in [6.07, 6.45) is 5.99. The smallest absolute Gasteiger partial charge is 0.0638 e. The molecule has 3 heteroatoms. The molecular formula is C13H23N3. The second-order valence-electron chi connectivity index (χ2n) is 5.33. The third-order valence-electron chi connectivity index (χ3n) is 3.90. The summed E-state index contributed by atoms with van der Waals surface area (Å²) < 4.78 is 0. The molecule has 3 nitrogen and oxygen atoms in total. The molecule has 90 valence electrons. The number of rotatable bonds is 5. The molecule has 0 amide bonds. The van der Waals surface area contributed by atoms with Crippen LogP contribution in [0.2, 0.25) is 0 Å². The Kier molecular flexibility index (Phi) is 4.20. The molecule has 0 spiro atoms. The van der Waals surface area contributed by atoms with Crippen LogP contribution in [0.5, 0.6) is 0 Å². The number of hydrogen-bond acceptors (Lipinski definition) is 3. The van der Waals surface area contributed by atoms with Crippen molar-refractivity contribution in [1.29, 1.82) is 5.26 Å². The molecule has 0 bridgehead atoms. The Morgan fingerprint density at radius 1 is 1.31 bits per heavy atom. The second-order valence-corrected chi connectivity index (χ2v) is 5.33. The van der Waals surface area contributed by atoms with Gasteiger partial charge in [0.05, 0.1) is 12.5 Å². The maximum absolute atomic E-state index is 8.81. The van der Waals surface area contributed by atoms with Crippen molar-refractivity contribution in [2.24, 2.45) is 5.92 Å². The van der Waals surface area contributed by atoms with Crippen LogP contribution in [0.3, 0.4) is 0 Å². The number of piperidine rings is 1. The van der Waals surface area contributed by atoms with E-state index in [0.717, 1.165) is 12.0 Å². The van der Waals surface area contributed by atoms with Gasteiger partial charge >= 0.3 is 0 Å². The van der Waals surface area contributed by atoms with Crippen LogP contribution < -0.4 is 5.32 Å². The van der Waals surface area contributed by atoms with E-state index in [2.05, 4.69) is 23.2 Å². The summed E-state index contributed by atoms with van der Waals surface area (Å²) in [4.78, 5) is 2.60. The van der Waals surface area contributed by atoms with Crippen LogP contribution in [0.25, 0.3) is 0 Å². The number of nitrogens with one attached hydrogen (secondary N) is 1. The Hall–Kier alpha value is -0.590. The van der Waals surface area contributed by atoms with Gasteiger partial charge in [-0.15, -0.1) is 0 Å². The van der Waals surface area contributed by atoms with Crippen LogP contribution in [0.1, 0.15) is 39.0 Å². The van der Waals surface area contributed by atoms with E-state index < -0.39 is 0 Å². The van der Waals surface area contributed by atoms with E-state index >= 15 is 0 Å². The summed E-state index contributed by atoms with van der Waals surface area (Å²) in [6, 6.07) is 3.56. The zero-order chi connectivity index (χ0) is 11.4. The first-order chi connectivity index (χ1) is 7.81. The lowest BCUT2D eigenvalue weighted by Gasteiger charge is -2.33. The minimum absolute atomic E-state index is 0.451. The number of nitriles is 1. The molecule has 1 atom stereocenters. The highest BCUT2D eigenvalue weighted by atomic mass is 15.2. The Morgan fingerprint density at radius 3 is 2.56 bits per heavy atom. The lowest BCUT2D eigenvalue weighted by atomic mass is 9.96. The highest BCUT2D eigenvalue weighted by Crippen LogP contribution is 2.31. The van der Waals surface area contributed by atoms with Crippen molar-refractivity contribution in [1.82, 2.24) is 10.2 Å². The molecule has 0 radical (unpaired) electrons. The molecule has 2 rings (SSSR count). The molecule has 1 N–H and O–H groups in total. The van der Waals surface area contributed by atoms with E-state index in [0.29, 0.717) is 12.5 Å². The van der Waals surface area contributed by atoms with Gasteiger partial charge in [0.15, 0.2) is 0 Å². The van der Waals surface area contributed by atoms with Crippen LogP contribution in [-0.4, -0.2) is 36.6 Å². The highest BCUT2D eigenvalue weighted by molar-refractivity contribution is 4.91. The molecule has 2 aliphatic rings. The summed E-state index contributed by atoms with van der Waals surface area (Å²) in [5.41, 5.74) is 0. The molecule has 2 fully saturated rings. The fourth-order valence-corrected chi connectivity index (χ4v) is 2.71. The molecule has 1 saturated heterocycles. The predicted octanol–water partition coefficient (Wildman–Crippen LogP) is 1.75. The first-order valence-corrected chi connectivity index (χ1v) is 6.64. The third-order valence-corrected chi connectivity index (χ3v) is 3.90. The molecule has 0 aromatic rings. The van der Waals surface area contributed by atoms with Gasteiger partial charge in [-0.2, -0.15) is 5.26 Å². The minimum atomic E-state index is 0.451. The van der Waals surface area contributed by atoms with Crippen molar-refractivity contribution in [2.45, 2.75) is 51.1 Å². The van der Waals surface area contributed by atoms with Crippen molar-refractivity contribution in [3.63, 3.8) is 0 Å². The van der Waals surface area contributed by atoms with Gasteiger partial charge in [-0.25, -0.2) is 0 Å². The summed E-state index contributed by atoms with van der Waals surface area (Å²) in [5, 5.41) is 12.2. The van der Waals surface area contributed by atoms with Gasteiger partial charge in [0.1, 0.15) is 0 Å². The SMILES string of the molecule is CC(CC#N)N(CC1CCNCC1)C1CC1. The van der Waals surface area contributed by atoms with Crippen LogP contribution >= 0.6 is 0 Å². The largest absolute Gasteiger partial charge is 0.317 e. The minimum Gasteiger partial charge on any atom is -0.317 e. The molecule has 1 aliphatic heterocycles. The van der Waals surface area contributed by atoms with Gasteiger partial charge in [-0.1, -0.05) is 0 Å². The Bertz CT molecular complexity index is 248. The quantitative estimate of drug-likeness (QED) is 0.769. The fraction of sp³-hybridized carbons (Fsp3) is 0.923. The molecule has 16 heavy (non-hydrogen) atoms. The van der Waals surface area contributed by atoms with Crippen LogP contribution in [-0.2, 0) is 0 Å². The van der Waals surface area contributed by atoms with Crippen molar-refractivity contribution in [3.05, 3.63) is 0 Å². The van der Waals surface area contributed by atoms with Gasteiger partial charge in [-0.05, 0) is 51.6 Å². The molecule has 1 saturated carbocycles. The fourth-order valence-electron chi connectivity index (χ4n) is 2.71. The molecule has 0 aromatic carbocycles. The van der Waals surface area contributed by atoms with Crippen LogP contribution in [0.4, 0.5) is 0 Å². The first kappa shape index (κ1) is 11.9. The van der Waals surface area contributed by atoms with Crippen molar-refractivity contribution in [3.8, 4) is 6.07 Å². The zero-order valence-electron chi connectivity index (χ0n) is 10.3. The van der Waals surface area contributed by atoms with E-state index in [1.807, 2.05) is 0 Å². The monoisotopic (exact) mass is 221 g/mol. The molecular weight excluding hydrogens is 198 g/mol. The summed E-state index contributed by atoms with van der Waals surface area (Å²) in [6.45, 7) is 5.78. The van der Waals surface area contributed by atoms with E-state index in [1.165, 1.54) is 45.3 Å². The Morgan fingerprint density at radius 2 is 2.00 bits per heavy atom. The van der Waals surface area contributed by atoms with Crippen LogP contribution in [0, 0.1) is 17.2 Å². The van der Waals surface area contributed by atoms with Crippen LogP contribution in [0.15, 0.2) is 0 Å². The van der Waals surface area contributed by atoms with Crippen molar-refractivity contribution >= 4 is 0 Å². The normalized spacial score (nSPS) is 24.3. The standard InChI is InChI=1S/C13H23N3/c1-11(4-7-14)16(13-2-3-13)10-12-5-8-15-9-6-12/h11-13,15H,2-6,8-10H2,1H3. The summed E-state index contributed by atoms with van der Waals surface area (Å²) in [5.74, 6) is 0.850. The van der Waals surface area contributed by atoms with Gasteiger partial charge in [-0.3, -0.25) is 4.90 Å². The van der Waals surface area contributed by atoms with Gasteiger partial charge in [0.2, 0.25) is 0 Å². The average Bonchev–Trinajstić information content (AvgIpc) is 3.11. The lowest BCUT2D eigenvalue weighted by Crippen LogP contribution is -2.41. The molecule has 1 aliphatic carbocycles.